The number of amides is 2. The third-order valence-electron chi connectivity index (χ3n) is 6.40. The number of hydrogen-bond donors (Lipinski definition) is 3. The van der Waals surface area contributed by atoms with Gasteiger partial charge in [0.1, 0.15) is 0 Å². The van der Waals surface area contributed by atoms with E-state index in [4.69, 9.17) is 0 Å². The highest BCUT2D eigenvalue weighted by atomic mass is 16.3. The van der Waals surface area contributed by atoms with Gasteiger partial charge in [0.25, 0.3) is 5.91 Å². The molecule has 3 N–H and O–H groups in total. The van der Waals surface area contributed by atoms with Crippen LogP contribution in [0.15, 0.2) is 24.3 Å². The lowest BCUT2D eigenvalue weighted by atomic mass is 9.96. The van der Waals surface area contributed by atoms with Crippen LogP contribution in [0.4, 0.5) is 0 Å². The third-order valence-corrected chi connectivity index (χ3v) is 6.40. The Hall–Kier alpha value is -2.45. The molecule has 4 rings (SSSR count). The molecule has 0 aliphatic carbocycles. The zero-order chi connectivity index (χ0) is 21.3. The summed E-state index contributed by atoms with van der Waals surface area (Å²) in [5.74, 6) is -0.112. The average Bonchev–Trinajstić information content (AvgIpc) is 3.21. The molecule has 2 saturated heterocycles. The number of hydrogen-bond acceptors (Lipinski definition) is 5. The van der Waals surface area contributed by atoms with E-state index in [-0.39, 0.29) is 24.5 Å². The number of nitrogens with one attached hydrogen (secondary N) is 2. The third kappa shape index (κ3) is 4.06. The zero-order valence-electron chi connectivity index (χ0n) is 17.6. The van der Waals surface area contributed by atoms with Gasteiger partial charge in [0.15, 0.2) is 5.69 Å². The Bertz CT molecular complexity index is 897. The van der Waals surface area contributed by atoms with Crippen LogP contribution in [0.1, 0.15) is 56.1 Å². The van der Waals surface area contributed by atoms with Gasteiger partial charge in [-0.3, -0.25) is 19.2 Å². The number of rotatable bonds is 8. The predicted octanol–water partition coefficient (Wildman–Crippen LogP) is 1.45. The summed E-state index contributed by atoms with van der Waals surface area (Å²) >= 11 is 0. The lowest BCUT2D eigenvalue weighted by Crippen LogP contribution is -2.53. The summed E-state index contributed by atoms with van der Waals surface area (Å²) in [5.41, 5.74) is 1.47. The number of carbonyl (C=O) groups is 2. The van der Waals surface area contributed by atoms with Gasteiger partial charge in [-0.15, -0.1) is 0 Å². The molecule has 2 amide bonds. The first-order valence-corrected chi connectivity index (χ1v) is 10.9. The van der Waals surface area contributed by atoms with Crippen molar-refractivity contribution in [3.63, 3.8) is 0 Å². The molecule has 1 aromatic carbocycles. The summed E-state index contributed by atoms with van der Waals surface area (Å²) in [7, 11) is 0. The maximum atomic E-state index is 13.1. The Morgan fingerprint density at radius 2 is 1.97 bits per heavy atom. The van der Waals surface area contributed by atoms with E-state index in [0.29, 0.717) is 30.7 Å². The van der Waals surface area contributed by atoms with Gasteiger partial charge in [-0.1, -0.05) is 18.2 Å². The van der Waals surface area contributed by atoms with E-state index in [9.17, 15) is 14.7 Å². The fraction of sp³-hybridized carbons (Fsp3) is 0.591. The number of nitrogens with zero attached hydrogens (tertiary/aromatic N) is 3. The van der Waals surface area contributed by atoms with Gasteiger partial charge in [-0.25, -0.2) is 0 Å². The molecule has 2 aliphatic rings. The lowest BCUT2D eigenvalue weighted by Gasteiger charge is -2.40. The van der Waals surface area contributed by atoms with Gasteiger partial charge < -0.3 is 15.7 Å². The van der Waals surface area contributed by atoms with Crippen molar-refractivity contribution in [1.29, 1.82) is 0 Å². The highest BCUT2D eigenvalue weighted by Crippen LogP contribution is 2.36. The zero-order valence-corrected chi connectivity index (χ0v) is 17.6. The number of aromatic nitrogens is 2. The highest BCUT2D eigenvalue weighted by molar-refractivity contribution is 6.05. The molecule has 2 aliphatic heterocycles. The number of aliphatic hydroxyl groups excluding tert-OH is 1. The van der Waals surface area contributed by atoms with E-state index in [1.165, 1.54) is 0 Å². The van der Waals surface area contributed by atoms with Crippen LogP contribution in [0.25, 0.3) is 10.9 Å². The topological polar surface area (TPSA) is 99.5 Å². The van der Waals surface area contributed by atoms with Crippen molar-refractivity contribution in [2.24, 2.45) is 0 Å². The molecular weight excluding hydrogens is 382 g/mol. The number of piperidine rings is 1. The average molecular weight is 414 g/mol. The van der Waals surface area contributed by atoms with Crippen molar-refractivity contribution in [2.75, 3.05) is 13.1 Å². The summed E-state index contributed by atoms with van der Waals surface area (Å²) in [6.45, 7) is 4.95. The minimum absolute atomic E-state index is 0.111. The lowest BCUT2D eigenvalue weighted by molar-refractivity contribution is -0.110. The minimum Gasteiger partial charge on any atom is -0.390 e. The summed E-state index contributed by atoms with van der Waals surface area (Å²) in [5, 5.41) is 21.4. The monoisotopic (exact) mass is 413 g/mol. The van der Waals surface area contributed by atoms with E-state index in [0.717, 1.165) is 36.6 Å². The molecule has 2 fully saturated rings. The van der Waals surface area contributed by atoms with Crippen molar-refractivity contribution in [2.45, 2.75) is 69.8 Å². The van der Waals surface area contributed by atoms with Crippen molar-refractivity contribution < 1.29 is 14.7 Å². The fourth-order valence-corrected chi connectivity index (χ4v) is 5.09. The summed E-state index contributed by atoms with van der Waals surface area (Å²) in [6, 6.07) is 8.86. The highest BCUT2D eigenvalue weighted by Gasteiger charge is 2.41. The van der Waals surface area contributed by atoms with Crippen LogP contribution < -0.4 is 10.6 Å². The van der Waals surface area contributed by atoms with Crippen molar-refractivity contribution >= 4 is 23.2 Å². The standard InChI is InChI=1S/C22H31N5O3/c1-14(2)27-20-6-4-3-5-19(20)21(25-27)22(30)24-15-9-16-7-8-17(10-15)26(16)12-18(29)11-23-13-28/h3-6,13-18,29H,7-12H2,1-2H3,(H,23,28)(H,24,30)/t15-,16-,17+,18?. The Morgan fingerprint density at radius 3 is 2.63 bits per heavy atom. The van der Waals surface area contributed by atoms with Gasteiger partial charge >= 0.3 is 0 Å². The molecule has 30 heavy (non-hydrogen) atoms. The van der Waals surface area contributed by atoms with Gasteiger partial charge in [0, 0.05) is 42.6 Å². The van der Waals surface area contributed by atoms with Crippen LogP contribution in [0.3, 0.4) is 0 Å². The molecule has 8 heteroatoms. The molecule has 0 radical (unpaired) electrons. The van der Waals surface area contributed by atoms with E-state index < -0.39 is 6.10 Å². The van der Waals surface area contributed by atoms with E-state index in [1.807, 2.05) is 28.9 Å². The second-order valence-corrected chi connectivity index (χ2v) is 8.81. The number of aliphatic hydroxyl groups is 1. The molecule has 0 spiro atoms. The van der Waals surface area contributed by atoms with Crippen LogP contribution in [0.5, 0.6) is 0 Å². The normalized spacial score (nSPS) is 24.9. The van der Waals surface area contributed by atoms with Crippen LogP contribution in [-0.2, 0) is 4.79 Å². The molecule has 0 saturated carbocycles. The number of para-hydroxylation sites is 1. The first-order valence-electron chi connectivity index (χ1n) is 10.9. The van der Waals surface area contributed by atoms with Crippen LogP contribution in [-0.4, -0.2) is 69.4 Å². The van der Waals surface area contributed by atoms with E-state index >= 15 is 0 Å². The molecule has 3 heterocycles. The fourth-order valence-electron chi connectivity index (χ4n) is 5.09. The Labute approximate surface area is 176 Å². The van der Waals surface area contributed by atoms with Crippen LogP contribution in [0.2, 0.25) is 0 Å². The van der Waals surface area contributed by atoms with Gasteiger partial charge in [-0.2, -0.15) is 5.10 Å². The van der Waals surface area contributed by atoms with E-state index in [2.05, 4.69) is 34.5 Å². The minimum atomic E-state index is -0.573. The molecule has 8 nitrogen and oxygen atoms in total. The second kappa shape index (κ2) is 8.73. The summed E-state index contributed by atoms with van der Waals surface area (Å²) in [4.78, 5) is 25.9. The van der Waals surface area contributed by atoms with Crippen LogP contribution in [0, 0.1) is 0 Å². The molecule has 2 aromatic rings. The quantitative estimate of drug-likeness (QED) is 0.569. The second-order valence-electron chi connectivity index (χ2n) is 8.81. The molecule has 2 bridgehead atoms. The SMILES string of the molecule is CC(C)n1nc(C(=O)N[C@@H]2C[C@H]3CC[C@@H](C2)N3CC(O)CNC=O)c2ccccc21. The predicted molar refractivity (Wildman–Crippen MR) is 114 cm³/mol. The largest absolute Gasteiger partial charge is 0.390 e. The molecule has 162 valence electrons. The number of fused-ring (bicyclic) bond motifs is 3. The van der Waals surface area contributed by atoms with Crippen molar-refractivity contribution in [1.82, 2.24) is 25.3 Å². The number of benzene rings is 1. The first kappa shape index (κ1) is 20.8. The van der Waals surface area contributed by atoms with Gasteiger partial charge in [0.05, 0.1) is 11.6 Å². The Morgan fingerprint density at radius 1 is 1.27 bits per heavy atom. The van der Waals surface area contributed by atoms with Gasteiger partial charge in [0.2, 0.25) is 6.41 Å². The Kier molecular flexibility index (Phi) is 6.06. The maximum Gasteiger partial charge on any atom is 0.272 e. The molecule has 4 atom stereocenters. The van der Waals surface area contributed by atoms with Crippen molar-refractivity contribution in [3.8, 4) is 0 Å². The first-order chi connectivity index (χ1) is 14.5. The summed E-state index contributed by atoms with van der Waals surface area (Å²) in [6.07, 6.45) is 3.95. The Balaban J connectivity index is 1.43. The maximum absolute atomic E-state index is 13.1. The number of carbonyl (C=O) groups excluding carboxylic acids is 2. The molecule has 1 unspecified atom stereocenters. The summed E-state index contributed by atoms with van der Waals surface area (Å²) < 4.78 is 1.91. The van der Waals surface area contributed by atoms with E-state index in [1.54, 1.807) is 0 Å². The van der Waals surface area contributed by atoms with Crippen molar-refractivity contribution in [3.05, 3.63) is 30.0 Å². The van der Waals surface area contributed by atoms with Crippen LogP contribution >= 0.6 is 0 Å². The molecule has 1 aromatic heterocycles. The smallest absolute Gasteiger partial charge is 0.272 e. The molecular formula is C22H31N5O3. The van der Waals surface area contributed by atoms with Gasteiger partial charge in [-0.05, 0) is 45.6 Å².